The summed E-state index contributed by atoms with van der Waals surface area (Å²) in [4.78, 5) is 20.2. The first kappa shape index (κ1) is 8.74. The number of methoxy groups -OCH3 is 1. The summed E-state index contributed by atoms with van der Waals surface area (Å²) in [5, 5.41) is 8.00. The van der Waals surface area contributed by atoms with E-state index in [1.807, 2.05) is 0 Å². The molecule has 1 unspecified atom stereocenters. The van der Waals surface area contributed by atoms with Gasteiger partial charge in [0.25, 0.3) is 0 Å². The number of rotatable bonds is 2. The summed E-state index contributed by atoms with van der Waals surface area (Å²) in [5.74, 6) is -0.706. The van der Waals surface area contributed by atoms with Crippen LogP contribution >= 0.6 is 0 Å². The second-order valence-electron chi connectivity index (χ2n) is 1.55. The molecule has 1 N–H and O–H groups in total. The topological polar surface area (TPSA) is 72.8 Å². The third kappa shape index (κ3) is 2.91. The highest BCUT2D eigenvalue weighted by atomic mass is 16.7. The number of carboxylic acid groups (broad SMARTS) is 1. The van der Waals surface area contributed by atoms with Crippen LogP contribution in [0.5, 0.6) is 0 Å². The molecule has 0 rings (SSSR count). The molecule has 0 bridgehead atoms. The second kappa shape index (κ2) is 3.71. The molecule has 0 aliphatic rings. The van der Waals surface area contributed by atoms with Crippen LogP contribution in [-0.2, 0) is 14.3 Å². The van der Waals surface area contributed by atoms with Gasteiger partial charge in [0.2, 0.25) is 0 Å². The lowest BCUT2D eigenvalue weighted by Gasteiger charge is -2.06. The quantitative estimate of drug-likeness (QED) is 0.568. The largest absolute Gasteiger partial charge is 0.506 e. The normalized spacial score (nSPS) is 11.8. The van der Waals surface area contributed by atoms with E-state index in [-0.39, 0.29) is 0 Å². The SMILES string of the molecule is COC(=O)C(C)OC(=O)O. The van der Waals surface area contributed by atoms with E-state index in [9.17, 15) is 9.59 Å². The summed E-state index contributed by atoms with van der Waals surface area (Å²) in [6.07, 6.45) is -2.54. The van der Waals surface area contributed by atoms with Crippen LogP contribution in [0, 0.1) is 0 Å². The van der Waals surface area contributed by atoms with Crippen LogP contribution in [0.3, 0.4) is 0 Å². The molecule has 0 aromatic carbocycles. The molecule has 0 fully saturated rings. The monoisotopic (exact) mass is 148 g/mol. The van der Waals surface area contributed by atoms with Crippen LogP contribution in [0.2, 0.25) is 0 Å². The Morgan fingerprint density at radius 3 is 2.30 bits per heavy atom. The molecular formula is C5H8O5. The Balaban J connectivity index is 3.72. The van der Waals surface area contributed by atoms with Crippen molar-refractivity contribution in [3.8, 4) is 0 Å². The lowest BCUT2D eigenvalue weighted by atomic mass is 10.4. The molecule has 0 heterocycles. The van der Waals surface area contributed by atoms with E-state index in [1.165, 1.54) is 6.92 Å². The summed E-state index contributed by atoms with van der Waals surface area (Å²) in [7, 11) is 1.16. The molecule has 10 heavy (non-hydrogen) atoms. The van der Waals surface area contributed by atoms with Crippen molar-refractivity contribution in [2.75, 3.05) is 7.11 Å². The van der Waals surface area contributed by atoms with Crippen molar-refractivity contribution in [2.24, 2.45) is 0 Å². The van der Waals surface area contributed by atoms with Crippen LogP contribution in [0.4, 0.5) is 4.79 Å². The minimum Gasteiger partial charge on any atom is -0.466 e. The summed E-state index contributed by atoms with van der Waals surface area (Å²) in [5.41, 5.74) is 0. The molecule has 0 aliphatic heterocycles. The van der Waals surface area contributed by atoms with Crippen LogP contribution in [0.15, 0.2) is 0 Å². The van der Waals surface area contributed by atoms with Gasteiger partial charge < -0.3 is 14.6 Å². The third-order valence-corrected chi connectivity index (χ3v) is 0.811. The van der Waals surface area contributed by atoms with Gasteiger partial charge in [-0.05, 0) is 6.92 Å². The first-order valence-corrected chi connectivity index (χ1v) is 2.55. The lowest BCUT2D eigenvalue weighted by molar-refractivity contribution is -0.150. The first-order chi connectivity index (χ1) is 4.57. The van der Waals surface area contributed by atoms with E-state index < -0.39 is 18.2 Å². The van der Waals surface area contributed by atoms with Crippen LogP contribution in [-0.4, -0.2) is 30.4 Å². The number of carbonyl (C=O) groups is 2. The number of hydrogen-bond donors (Lipinski definition) is 1. The average molecular weight is 148 g/mol. The molecule has 0 aromatic heterocycles. The molecule has 0 aliphatic carbocycles. The van der Waals surface area contributed by atoms with Gasteiger partial charge >= 0.3 is 12.1 Å². The Labute approximate surface area is 57.5 Å². The summed E-state index contributed by atoms with van der Waals surface area (Å²) < 4.78 is 8.23. The maximum Gasteiger partial charge on any atom is 0.506 e. The van der Waals surface area contributed by atoms with Gasteiger partial charge in [0.15, 0.2) is 6.10 Å². The van der Waals surface area contributed by atoms with E-state index in [4.69, 9.17) is 5.11 Å². The van der Waals surface area contributed by atoms with E-state index in [0.29, 0.717) is 0 Å². The Morgan fingerprint density at radius 1 is 1.50 bits per heavy atom. The summed E-state index contributed by atoms with van der Waals surface area (Å²) in [6, 6.07) is 0. The molecule has 0 amide bonds. The highest BCUT2D eigenvalue weighted by Gasteiger charge is 2.16. The molecular weight excluding hydrogens is 140 g/mol. The summed E-state index contributed by atoms with van der Waals surface area (Å²) in [6.45, 7) is 1.29. The van der Waals surface area contributed by atoms with Crippen molar-refractivity contribution >= 4 is 12.1 Å². The Morgan fingerprint density at radius 2 is 2.00 bits per heavy atom. The molecule has 58 valence electrons. The molecule has 0 saturated carbocycles. The third-order valence-electron chi connectivity index (χ3n) is 0.811. The maximum absolute atomic E-state index is 10.4. The zero-order valence-corrected chi connectivity index (χ0v) is 5.66. The van der Waals surface area contributed by atoms with Crippen LogP contribution < -0.4 is 0 Å². The summed E-state index contributed by atoms with van der Waals surface area (Å²) >= 11 is 0. The van der Waals surface area contributed by atoms with Crippen LogP contribution in [0.1, 0.15) is 6.92 Å². The minimum atomic E-state index is -1.49. The fourth-order valence-corrected chi connectivity index (χ4v) is 0.365. The van der Waals surface area contributed by atoms with Crippen LogP contribution in [0.25, 0.3) is 0 Å². The van der Waals surface area contributed by atoms with E-state index >= 15 is 0 Å². The van der Waals surface area contributed by atoms with Crippen molar-refractivity contribution in [3.05, 3.63) is 0 Å². The van der Waals surface area contributed by atoms with Gasteiger partial charge in [-0.2, -0.15) is 0 Å². The Kier molecular flexibility index (Phi) is 3.24. The van der Waals surface area contributed by atoms with Gasteiger partial charge in [0.05, 0.1) is 7.11 Å². The van der Waals surface area contributed by atoms with E-state index in [0.717, 1.165) is 7.11 Å². The highest BCUT2D eigenvalue weighted by molar-refractivity contribution is 5.76. The molecule has 0 radical (unpaired) electrons. The molecule has 0 saturated heterocycles. The smallest absolute Gasteiger partial charge is 0.466 e. The Bertz CT molecular complexity index is 141. The lowest BCUT2D eigenvalue weighted by Crippen LogP contribution is -2.24. The Hall–Kier alpha value is -1.26. The van der Waals surface area contributed by atoms with Gasteiger partial charge in [-0.3, -0.25) is 0 Å². The molecule has 0 spiro atoms. The zero-order chi connectivity index (χ0) is 8.15. The maximum atomic E-state index is 10.4. The van der Waals surface area contributed by atoms with Crippen molar-refractivity contribution in [3.63, 3.8) is 0 Å². The fourth-order valence-electron chi connectivity index (χ4n) is 0.365. The number of esters is 1. The average Bonchev–Trinajstić information content (AvgIpc) is 1.85. The van der Waals surface area contributed by atoms with Gasteiger partial charge in [0, 0.05) is 0 Å². The van der Waals surface area contributed by atoms with Crippen molar-refractivity contribution < 1.29 is 24.2 Å². The molecule has 5 nitrogen and oxygen atoms in total. The van der Waals surface area contributed by atoms with Crippen molar-refractivity contribution in [1.29, 1.82) is 0 Å². The van der Waals surface area contributed by atoms with E-state index in [2.05, 4.69) is 9.47 Å². The highest BCUT2D eigenvalue weighted by Crippen LogP contribution is 1.92. The number of hydrogen-bond acceptors (Lipinski definition) is 4. The predicted octanol–water partition coefficient (Wildman–Crippen LogP) is 0.242. The molecule has 1 atom stereocenters. The van der Waals surface area contributed by atoms with Gasteiger partial charge in [-0.15, -0.1) is 0 Å². The zero-order valence-electron chi connectivity index (χ0n) is 5.66. The fraction of sp³-hybridized carbons (Fsp3) is 0.600. The first-order valence-electron chi connectivity index (χ1n) is 2.55. The van der Waals surface area contributed by atoms with Crippen molar-refractivity contribution in [1.82, 2.24) is 0 Å². The number of carbonyl (C=O) groups excluding carboxylic acids is 1. The van der Waals surface area contributed by atoms with E-state index in [1.54, 1.807) is 0 Å². The molecule has 0 aromatic rings. The van der Waals surface area contributed by atoms with Gasteiger partial charge in [-0.1, -0.05) is 0 Å². The minimum absolute atomic E-state index is 0.706. The molecule has 5 heteroatoms. The predicted molar refractivity (Wildman–Crippen MR) is 30.6 cm³/mol. The van der Waals surface area contributed by atoms with Crippen molar-refractivity contribution in [2.45, 2.75) is 13.0 Å². The standard InChI is InChI=1S/C5H8O5/c1-3(4(6)9-2)10-5(7)8/h3H,1-2H3,(H,7,8). The van der Waals surface area contributed by atoms with Gasteiger partial charge in [0.1, 0.15) is 0 Å². The second-order valence-corrected chi connectivity index (χ2v) is 1.55. The van der Waals surface area contributed by atoms with Gasteiger partial charge in [-0.25, -0.2) is 9.59 Å². The number of ether oxygens (including phenoxy) is 2.